The lowest BCUT2D eigenvalue weighted by molar-refractivity contribution is -0.135. The molecule has 0 fully saturated rings. The number of carbonyl (C=O) groups is 2. The number of para-hydroxylation sites is 1. The van der Waals surface area contributed by atoms with E-state index in [2.05, 4.69) is 5.32 Å². The summed E-state index contributed by atoms with van der Waals surface area (Å²) < 4.78 is 10.8. The van der Waals surface area contributed by atoms with Crippen LogP contribution in [0.5, 0.6) is 11.5 Å². The first-order valence-electron chi connectivity index (χ1n) is 6.40. The number of amides is 1. The van der Waals surface area contributed by atoms with E-state index in [1.165, 1.54) is 7.11 Å². The Kier molecular flexibility index (Phi) is 6.36. The molecule has 0 heterocycles. The third kappa shape index (κ3) is 4.46. The number of nitrogens with one attached hydrogen (secondary N) is 1. The van der Waals surface area contributed by atoms with Gasteiger partial charge in [0.2, 0.25) is 0 Å². The fourth-order valence-electron chi connectivity index (χ4n) is 1.57. The number of benzene rings is 1. The van der Waals surface area contributed by atoms with Gasteiger partial charge >= 0.3 is 5.97 Å². The van der Waals surface area contributed by atoms with E-state index in [-0.39, 0.29) is 5.56 Å². The molecule has 6 nitrogen and oxygen atoms in total. The van der Waals surface area contributed by atoms with Crippen LogP contribution in [0.2, 0.25) is 0 Å². The number of carbonyl (C=O) groups excluding carboxylic acids is 1. The Hall–Kier alpha value is -2.24. The van der Waals surface area contributed by atoms with Crippen molar-refractivity contribution in [2.24, 2.45) is 0 Å². The van der Waals surface area contributed by atoms with E-state index < -0.39 is 18.4 Å². The van der Waals surface area contributed by atoms with Crippen molar-refractivity contribution in [1.82, 2.24) is 5.32 Å². The average Bonchev–Trinajstić information content (AvgIpc) is 2.45. The second kappa shape index (κ2) is 8.04. The SMILES string of the molecule is CCCCOc1c(OC)cccc1C(=O)NCC(=O)O. The molecule has 0 unspecified atom stereocenters. The topological polar surface area (TPSA) is 84.9 Å². The van der Waals surface area contributed by atoms with Crippen molar-refractivity contribution < 1.29 is 24.2 Å². The third-order valence-electron chi connectivity index (χ3n) is 2.59. The lowest BCUT2D eigenvalue weighted by atomic mass is 10.1. The zero-order chi connectivity index (χ0) is 15.0. The van der Waals surface area contributed by atoms with Crippen molar-refractivity contribution >= 4 is 11.9 Å². The van der Waals surface area contributed by atoms with Crippen LogP contribution in [0.3, 0.4) is 0 Å². The standard InChI is InChI=1S/C14H19NO5/c1-3-4-8-20-13-10(6-5-7-11(13)19-2)14(18)15-9-12(16)17/h5-7H,3-4,8-9H2,1-2H3,(H,15,18)(H,16,17). The Balaban J connectivity index is 2.92. The Labute approximate surface area is 117 Å². The number of methoxy groups -OCH3 is 1. The maximum atomic E-state index is 12.0. The predicted octanol–water partition coefficient (Wildman–Crippen LogP) is 1.69. The third-order valence-corrected chi connectivity index (χ3v) is 2.59. The van der Waals surface area contributed by atoms with E-state index in [1.54, 1.807) is 18.2 Å². The molecule has 0 aromatic heterocycles. The van der Waals surface area contributed by atoms with Crippen LogP contribution < -0.4 is 14.8 Å². The van der Waals surface area contributed by atoms with Gasteiger partial charge in [0.05, 0.1) is 19.3 Å². The number of unbranched alkanes of at least 4 members (excludes halogenated alkanes) is 1. The van der Waals surface area contributed by atoms with Gasteiger partial charge in [-0.25, -0.2) is 0 Å². The highest BCUT2D eigenvalue weighted by molar-refractivity contribution is 5.99. The zero-order valence-electron chi connectivity index (χ0n) is 11.6. The van der Waals surface area contributed by atoms with Crippen molar-refractivity contribution in [2.45, 2.75) is 19.8 Å². The summed E-state index contributed by atoms with van der Waals surface area (Å²) in [5.74, 6) is -0.817. The molecule has 1 amide bonds. The Morgan fingerprint density at radius 3 is 2.70 bits per heavy atom. The van der Waals surface area contributed by atoms with Crippen LogP contribution >= 0.6 is 0 Å². The molecular formula is C14H19NO5. The Morgan fingerprint density at radius 1 is 1.35 bits per heavy atom. The van der Waals surface area contributed by atoms with E-state index in [0.29, 0.717) is 18.1 Å². The molecule has 1 aromatic rings. The minimum Gasteiger partial charge on any atom is -0.493 e. The number of ether oxygens (including phenoxy) is 2. The van der Waals surface area contributed by atoms with Crippen LogP contribution in [0, 0.1) is 0 Å². The first kappa shape index (κ1) is 15.8. The summed E-state index contributed by atoms with van der Waals surface area (Å²) in [6.07, 6.45) is 1.82. The van der Waals surface area contributed by atoms with Crippen molar-refractivity contribution in [3.05, 3.63) is 23.8 Å². The lowest BCUT2D eigenvalue weighted by Gasteiger charge is -2.14. The van der Waals surface area contributed by atoms with Crippen LogP contribution in [0.15, 0.2) is 18.2 Å². The second-order valence-electron chi connectivity index (χ2n) is 4.12. The molecule has 20 heavy (non-hydrogen) atoms. The molecule has 1 aromatic carbocycles. The Bertz CT molecular complexity index is 473. The van der Waals surface area contributed by atoms with Crippen LogP contribution in [0.1, 0.15) is 30.1 Å². The van der Waals surface area contributed by atoms with Crippen LogP contribution in [0.4, 0.5) is 0 Å². The molecule has 0 aliphatic carbocycles. The molecule has 6 heteroatoms. The molecule has 0 bridgehead atoms. The minimum absolute atomic E-state index is 0.265. The largest absolute Gasteiger partial charge is 0.493 e. The van der Waals surface area contributed by atoms with Crippen molar-refractivity contribution in [3.8, 4) is 11.5 Å². The average molecular weight is 281 g/mol. The summed E-state index contributed by atoms with van der Waals surface area (Å²) in [5, 5.41) is 10.9. The van der Waals surface area contributed by atoms with Gasteiger partial charge in [-0.05, 0) is 18.6 Å². The number of rotatable bonds is 8. The normalized spacial score (nSPS) is 9.90. The maximum absolute atomic E-state index is 12.0. The smallest absolute Gasteiger partial charge is 0.322 e. The van der Waals surface area contributed by atoms with Crippen LogP contribution in [-0.4, -0.2) is 37.2 Å². The molecule has 1 rings (SSSR count). The van der Waals surface area contributed by atoms with Crippen LogP contribution in [-0.2, 0) is 4.79 Å². The van der Waals surface area contributed by atoms with E-state index in [0.717, 1.165) is 12.8 Å². The summed E-state index contributed by atoms with van der Waals surface area (Å²) in [6.45, 7) is 2.06. The highest BCUT2D eigenvalue weighted by Gasteiger charge is 2.17. The van der Waals surface area contributed by atoms with Gasteiger partial charge in [-0.1, -0.05) is 19.4 Å². The van der Waals surface area contributed by atoms with E-state index in [9.17, 15) is 9.59 Å². The van der Waals surface area contributed by atoms with Gasteiger partial charge in [0.15, 0.2) is 11.5 Å². The maximum Gasteiger partial charge on any atom is 0.322 e. The predicted molar refractivity (Wildman–Crippen MR) is 73.4 cm³/mol. The number of carboxylic acids is 1. The lowest BCUT2D eigenvalue weighted by Crippen LogP contribution is -2.29. The number of carboxylic acid groups (broad SMARTS) is 1. The Morgan fingerprint density at radius 2 is 2.10 bits per heavy atom. The number of aliphatic carboxylic acids is 1. The molecule has 110 valence electrons. The van der Waals surface area contributed by atoms with Crippen molar-refractivity contribution in [3.63, 3.8) is 0 Å². The summed E-state index contributed by atoms with van der Waals surface area (Å²) in [4.78, 5) is 22.4. The number of hydrogen-bond donors (Lipinski definition) is 2. The molecule has 0 radical (unpaired) electrons. The van der Waals surface area contributed by atoms with Gasteiger partial charge in [-0.3, -0.25) is 9.59 Å². The van der Waals surface area contributed by atoms with Gasteiger partial charge in [-0.15, -0.1) is 0 Å². The van der Waals surface area contributed by atoms with Crippen LogP contribution in [0.25, 0.3) is 0 Å². The highest BCUT2D eigenvalue weighted by Crippen LogP contribution is 2.31. The molecule has 2 N–H and O–H groups in total. The first-order valence-corrected chi connectivity index (χ1v) is 6.40. The quantitative estimate of drug-likeness (QED) is 0.708. The molecular weight excluding hydrogens is 262 g/mol. The molecule has 0 aliphatic rings. The highest BCUT2D eigenvalue weighted by atomic mass is 16.5. The zero-order valence-corrected chi connectivity index (χ0v) is 11.6. The van der Waals surface area contributed by atoms with Gasteiger partial charge in [0, 0.05) is 0 Å². The van der Waals surface area contributed by atoms with E-state index in [1.807, 2.05) is 6.92 Å². The van der Waals surface area contributed by atoms with Gasteiger partial charge in [-0.2, -0.15) is 0 Å². The second-order valence-corrected chi connectivity index (χ2v) is 4.12. The first-order chi connectivity index (χ1) is 9.60. The molecule has 0 saturated carbocycles. The van der Waals surface area contributed by atoms with E-state index >= 15 is 0 Å². The molecule has 0 aliphatic heterocycles. The van der Waals surface area contributed by atoms with Crippen molar-refractivity contribution in [1.29, 1.82) is 0 Å². The van der Waals surface area contributed by atoms with Crippen molar-refractivity contribution in [2.75, 3.05) is 20.3 Å². The fraction of sp³-hybridized carbons (Fsp3) is 0.429. The summed E-state index contributed by atoms with van der Waals surface area (Å²) in [5.41, 5.74) is 0.265. The number of hydrogen-bond acceptors (Lipinski definition) is 4. The molecule has 0 saturated heterocycles. The summed E-state index contributed by atoms with van der Waals surface area (Å²) >= 11 is 0. The summed E-state index contributed by atoms with van der Waals surface area (Å²) in [7, 11) is 1.49. The fourth-order valence-corrected chi connectivity index (χ4v) is 1.57. The summed E-state index contributed by atoms with van der Waals surface area (Å²) in [6, 6.07) is 4.91. The molecule has 0 atom stereocenters. The monoisotopic (exact) mass is 281 g/mol. The molecule has 0 spiro atoms. The van der Waals surface area contributed by atoms with Gasteiger partial charge in [0.25, 0.3) is 5.91 Å². The van der Waals surface area contributed by atoms with Gasteiger partial charge in [0.1, 0.15) is 6.54 Å². The van der Waals surface area contributed by atoms with E-state index in [4.69, 9.17) is 14.6 Å². The van der Waals surface area contributed by atoms with Gasteiger partial charge < -0.3 is 19.9 Å². The minimum atomic E-state index is -1.10.